The van der Waals surface area contributed by atoms with Crippen molar-refractivity contribution in [2.75, 3.05) is 32.6 Å². The van der Waals surface area contributed by atoms with Gasteiger partial charge in [-0.05, 0) is 71.0 Å². The molecule has 4 atom stereocenters. The predicted octanol–water partition coefficient (Wildman–Crippen LogP) is 7.58. The Morgan fingerprint density at radius 3 is 2.15 bits per heavy atom. The number of carbonyl (C=O) groups excluding carboxylic acids is 2. The Labute approximate surface area is 316 Å². The molecule has 54 heavy (non-hydrogen) atoms. The molecule has 0 radical (unpaired) electrons. The molecule has 0 saturated carbocycles. The lowest BCUT2D eigenvalue weighted by Gasteiger charge is -2.45. The second-order valence-electron chi connectivity index (χ2n) is 14.0. The smallest absolute Gasteiger partial charge is 0.228 e. The zero-order valence-electron chi connectivity index (χ0n) is 30.9. The maximum atomic E-state index is 13.0. The summed E-state index contributed by atoms with van der Waals surface area (Å²) in [6, 6.07) is 37.3. The minimum Gasteiger partial charge on any atom is -0.493 e. The number of carbonyl (C=O) groups is 2. The molecule has 9 heteroatoms. The maximum Gasteiger partial charge on any atom is 0.228 e. The molecule has 2 aliphatic heterocycles. The number of nitrogens with one attached hydrogen (secondary N) is 1. The van der Waals surface area contributed by atoms with Crippen molar-refractivity contribution in [2.45, 2.75) is 57.3 Å². The molecule has 2 aliphatic rings. The highest BCUT2D eigenvalue weighted by Crippen LogP contribution is 2.47. The number of fused-ring (bicyclic) bond motifs is 1. The van der Waals surface area contributed by atoms with Gasteiger partial charge >= 0.3 is 0 Å². The summed E-state index contributed by atoms with van der Waals surface area (Å²) in [5.41, 5.74) is 8.24. The Balaban J connectivity index is 1.16. The minimum absolute atomic E-state index is 0.0372. The normalized spacial score (nSPS) is 19.8. The molecular formula is C45H46N2O7. The molecule has 1 fully saturated rings. The largest absolute Gasteiger partial charge is 0.493 e. The van der Waals surface area contributed by atoms with Gasteiger partial charge in [-0.1, -0.05) is 91.0 Å². The maximum absolute atomic E-state index is 13.0. The van der Waals surface area contributed by atoms with E-state index in [1.165, 1.54) is 18.1 Å². The number of Topliss-reactive ketones (excluding diaryl/α,β-unsaturated/α-hetero) is 1. The molecule has 0 aliphatic carbocycles. The summed E-state index contributed by atoms with van der Waals surface area (Å²) in [5, 5.41) is 12.7. The van der Waals surface area contributed by atoms with E-state index in [4.69, 9.17) is 18.9 Å². The molecule has 0 aromatic heterocycles. The number of nitrogens with zero attached hydrogens (tertiary/aromatic N) is 1. The number of hydrogen-bond donors (Lipinski definition) is 2. The summed E-state index contributed by atoms with van der Waals surface area (Å²) in [7, 11) is 3.33. The van der Waals surface area contributed by atoms with Crippen molar-refractivity contribution in [3.63, 3.8) is 0 Å². The first-order valence-corrected chi connectivity index (χ1v) is 18.3. The lowest BCUT2D eigenvalue weighted by atomic mass is 9.82. The second kappa shape index (κ2) is 16.8. The van der Waals surface area contributed by atoms with Crippen molar-refractivity contribution in [1.82, 2.24) is 4.90 Å². The molecule has 5 aromatic rings. The average molecular weight is 727 g/mol. The van der Waals surface area contributed by atoms with E-state index >= 15 is 0 Å². The highest BCUT2D eigenvalue weighted by atomic mass is 16.7. The standard InChI is InChI=1S/C45H46N2O7/c1-29(49)35-10-7-11-38(23-35)46-42(50)22-30-12-18-34(19-13-30)45-53-41(27-47-21-20-36-24-39(51-2)40(52-3)25-37(36)26-47)43(32-8-5-4-6-9-32)44(54-45)33-16-14-31(28-48)15-17-33/h4-19,23-25,41,43-45,48H,20-22,26-28H2,1-3H3,(H,46,50). The van der Waals surface area contributed by atoms with Crippen molar-refractivity contribution in [3.8, 4) is 11.5 Å². The summed E-state index contributed by atoms with van der Waals surface area (Å²) in [4.78, 5) is 27.2. The number of hydrogen-bond acceptors (Lipinski definition) is 8. The third kappa shape index (κ3) is 8.40. The summed E-state index contributed by atoms with van der Waals surface area (Å²) in [5.74, 6) is 1.10. The van der Waals surface area contributed by atoms with Gasteiger partial charge < -0.3 is 29.4 Å². The topological polar surface area (TPSA) is 107 Å². The van der Waals surface area contributed by atoms with Gasteiger partial charge in [0.2, 0.25) is 5.91 Å². The number of ether oxygens (including phenoxy) is 4. The van der Waals surface area contributed by atoms with Gasteiger partial charge in [0.05, 0.1) is 39.5 Å². The van der Waals surface area contributed by atoms with Crippen LogP contribution in [0, 0.1) is 0 Å². The minimum atomic E-state index is -0.670. The fourth-order valence-electron chi connectivity index (χ4n) is 7.52. The average Bonchev–Trinajstić information content (AvgIpc) is 3.20. The number of aliphatic hydroxyl groups is 1. The fourth-order valence-corrected chi connectivity index (χ4v) is 7.52. The van der Waals surface area contributed by atoms with Crippen LogP contribution in [0.4, 0.5) is 5.69 Å². The summed E-state index contributed by atoms with van der Waals surface area (Å²) < 4.78 is 25.1. The molecule has 5 aromatic carbocycles. The molecule has 0 bridgehead atoms. The van der Waals surface area contributed by atoms with E-state index in [1.807, 2.05) is 54.6 Å². The lowest BCUT2D eigenvalue weighted by molar-refractivity contribution is -0.263. The van der Waals surface area contributed by atoms with Crippen LogP contribution in [0.5, 0.6) is 11.5 Å². The predicted molar refractivity (Wildman–Crippen MR) is 207 cm³/mol. The lowest BCUT2D eigenvalue weighted by Crippen LogP contribution is -2.45. The zero-order chi connectivity index (χ0) is 37.6. The SMILES string of the molecule is COc1cc2c(cc1OC)CN(CC1OC(c3ccc(CC(=O)Nc4cccc(C(C)=O)c4)cc3)OC(c3ccc(CO)cc3)C1c1ccccc1)CC2. The van der Waals surface area contributed by atoms with Crippen molar-refractivity contribution in [2.24, 2.45) is 0 Å². The van der Waals surface area contributed by atoms with Gasteiger partial charge in [-0.3, -0.25) is 14.5 Å². The number of anilines is 1. The van der Waals surface area contributed by atoms with E-state index in [0.717, 1.165) is 58.8 Å². The van der Waals surface area contributed by atoms with Crippen LogP contribution in [-0.4, -0.2) is 55.1 Å². The van der Waals surface area contributed by atoms with E-state index in [0.29, 0.717) is 17.8 Å². The van der Waals surface area contributed by atoms with Crippen molar-refractivity contribution in [1.29, 1.82) is 0 Å². The second-order valence-corrected chi connectivity index (χ2v) is 14.0. The Kier molecular flexibility index (Phi) is 11.5. The number of amides is 1. The van der Waals surface area contributed by atoms with E-state index in [-0.39, 0.29) is 42.8 Å². The van der Waals surface area contributed by atoms with Gasteiger partial charge in [0.15, 0.2) is 23.6 Å². The number of ketones is 1. The van der Waals surface area contributed by atoms with Crippen molar-refractivity contribution in [3.05, 3.63) is 160 Å². The molecule has 278 valence electrons. The molecule has 9 nitrogen and oxygen atoms in total. The van der Waals surface area contributed by atoms with Gasteiger partial charge in [-0.25, -0.2) is 0 Å². The van der Waals surface area contributed by atoms with Crippen LogP contribution in [0.2, 0.25) is 0 Å². The fraction of sp³-hybridized carbons (Fsp3) is 0.289. The molecule has 4 unspecified atom stereocenters. The van der Waals surface area contributed by atoms with E-state index in [2.05, 4.69) is 46.6 Å². The summed E-state index contributed by atoms with van der Waals surface area (Å²) in [6.45, 7) is 3.74. The van der Waals surface area contributed by atoms with Gasteiger partial charge in [0, 0.05) is 42.4 Å². The summed E-state index contributed by atoms with van der Waals surface area (Å²) >= 11 is 0. The van der Waals surface area contributed by atoms with Crippen LogP contribution in [0.1, 0.15) is 74.5 Å². The number of methoxy groups -OCH3 is 2. The molecular weight excluding hydrogens is 681 g/mol. The number of aliphatic hydroxyl groups excluding tert-OH is 1. The number of rotatable bonds is 12. The number of benzene rings is 5. The first-order chi connectivity index (χ1) is 26.3. The Morgan fingerprint density at radius 2 is 1.46 bits per heavy atom. The molecule has 2 N–H and O–H groups in total. The Hall–Kier alpha value is -5.32. The van der Waals surface area contributed by atoms with Gasteiger partial charge in [0.25, 0.3) is 0 Å². The Bertz CT molecular complexity index is 2070. The van der Waals surface area contributed by atoms with Crippen LogP contribution in [0.3, 0.4) is 0 Å². The highest BCUT2D eigenvalue weighted by Gasteiger charge is 2.43. The first-order valence-electron chi connectivity index (χ1n) is 18.3. The highest BCUT2D eigenvalue weighted by molar-refractivity contribution is 5.97. The van der Waals surface area contributed by atoms with Crippen LogP contribution >= 0.6 is 0 Å². The van der Waals surface area contributed by atoms with Crippen LogP contribution in [0.25, 0.3) is 0 Å². The quantitative estimate of drug-likeness (QED) is 0.127. The van der Waals surface area contributed by atoms with Crippen molar-refractivity contribution >= 4 is 17.4 Å². The monoisotopic (exact) mass is 726 g/mol. The van der Waals surface area contributed by atoms with Crippen molar-refractivity contribution < 1.29 is 33.6 Å². The van der Waals surface area contributed by atoms with E-state index in [1.54, 1.807) is 38.5 Å². The Morgan fingerprint density at radius 1 is 0.778 bits per heavy atom. The van der Waals surface area contributed by atoms with Crippen LogP contribution < -0.4 is 14.8 Å². The molecule has 1 amide bonds. The molecule has 1 saturated heterocycles. The third-order valence-electron chi connectivity index (χ3n) is 10.4. The van der Waals surface area contributed by atoms with E-state index in [9.17, 15) is 14.7 Å². The first kappa shape index (κ1) is 37.0. The van der Waals surface area contributed by atoms with Gasteiger partial charge in [-0.2, -0.15) is 0 Å². The zero-order valence-corrected chi connectivity index (χ0v) is 30.9. The van der Waals surface area contributed by atoms with Gasteiger partial charge in [0.1, 0.15) is 0 Å². The van der Waals surface area contributed by atoms with Crippen LogP contribution in [0.15, 0.2) is 115 Å². The summed E-state index contributed by atoms with van der Waals surface area (Å²) in [6.07, 6.45) is -0.214. The molecule has 2 heterocycles. The van der Waals surface area contributed by atoms with Crippen LogP contribution in [-0.2, 0) is 40.3 Å². The van der Waals surface area contributed by atoms with Gasteiger partial charge in [-0.15, -0.1) is 0 Å². The van der Waals surface area contributed by atoms with E-state index < -0.39 is 6.29 Å². The molecule has 0 spiro atoms. The third-order valence-corrected chi connectivity index (χ3v) is 10.4. The molecule has 7 rings (SSSR count).